The molecule has 1 atom stereocenters. The van der Waals surface area contributed by atoms with Gasteiger partial charge in [0, 0.05) is 12.7 Å². The van der Waals surface area contributed by atoms with Crippen LogP contribution in [0.2, 0.25) is 0 Å². The first-order chi connectivity index (χ1) is 9.83. The molecule has 1 saturated carbocycles. The van der Waals surface area contributed by atoms with Gasteiger partial charge in [0.1, 0.15) is 6.10 Å². The Bertz CT molecular complexity index is 578. The minimum Gasteiger partial charge on any atom is -0.373 e. The maximum atomic E-state index is 5.64. The molecule has 0 amide bonds. The van der Waals surface area contributed by atoms with E-state index in [-0.39, 0.29) is 6.10 Å². The SMILES string of the molecule is COC(c1noc(-c2ccccc2CCN)n1)C1CC1. The zero-order valence-electron chi connectivity index (χ0n) is 11.6. The smallest absolute Gasteiger partial charge is 0.258 e. The number of nitrogens with zero attached hydrogens (tertiary/aromatic N) is 2. The lowest BCUT2D eigenvalue weighted by molar-refractivity contribution is 0.0751. The normalized spacial score (nSPS) is 16.3. The van der Waals surface area contributed by atoms with E-state index in [1.54, 1.807) is 7.11 Å². The molecule has 1 aliphatic rings. The molecule has 20 heavy (non-hydrogen) atoms. The van der Waals surface area contributed by atoms with Crippen LogP contribution < -0.4 is 5.73 Å². The average Bonchev–Trinajstić information content (AvgIpc) is 3.18. The number of aromatic nitrogens is 2. The maximum Gasteiger partial charge on any atom is 0.258 e. The molecule has 0 spiro atoms. The second kappa shape index (κ2) is 5.73. The Morgan fingerprint density at radius 2 is 2.20 bits per heavy atom. The molecule has 2 N–H and O–H groups in total. The van der Waals surface area contributed by atoms with Crippen molar-refractivity contribution in [3.05, 3.63) is 35.7 Å². The number of benzene rings is 1. The van der Waals surface area contributed by atoms with E-state index in [0.717, 1.165) is 17.5 Å². The summed E-state index contributed by atoms with van der Waals surface area (Å²) >= 11 is 0. The Labute approximate surface area is 118 Å². The average molecular weight is 273 g/mol. The van der Waals surface area contributed by atoms with Crippen molar-refractivity contribution in [3.8, 4) is 11.5 Å². The molecule has 1 fully saturated rings. The molecule has 3 rings (SSSR count). The second-order valence-electron chi connectivity index (χ2n) is 5.15. The predicted octanol–water partition coefficient (Wildman–Crippen LogP) is 2.34. The van der Waals surface area contributed by atoms with Gasteiger partial charge in [-0.3, -0.25) is 0 Å². The van der Waals surface area contributed by atoms with Crippen LogP contribution in [0.3, 0.4) is 0 Å². The van der Waals surface area contributed by atoms with Crippen molar-refractivity contribution in [2.24, 2.45) is 11.7 Å². The molecular weight excluding hydrogens is 254 g/mol. The highest BCUT2D eigenvalue weighted by atomic mass is 16.5. The highest BCUT2D eigenvalue weighted by Gasteiger charge is 2.35. The van der Waals surface area contributed by atoms with E-state index in [0.29, 0.717) is 24.2 Å². The number of hydrogen-bond acceptors (Lipinski definition) is 5. The van der Waals surface area contributed by atoms with E-state index in [4.69, 9.17) is 15.0 Å². The standard InChI is InChI=1S/C15H19N3O2/c1-19-13(11-6-7-11)14-17-15(20-18-14)12-5-3-2-4-10(12)8-9-16/h2-5,11,13H,6-9,16H2,1H3. The van der Waals surface area contributed by atoms with Gasteiger partial charge in [-0.05, 0) is 43.4 Å². The fourth-order valence-corrected chi connectivity index (χ4v) is 2.47. The first kappa shape index (κ1) is 13.3. The summed E-state index contributed by atoms with van der Waals surface area (Å²) in [5.41, 5.74) is 7.73. The van der Waals surface area contributed by atoms with Crippen LogP contribution in [0, 0.1) is 5.92 Å². The van der Waals surface area contributed by atoms with E-state index in [1.807, 2.05) is 24.3 Å². The Balaban J connectivity index is 1.89. The molecule has 0 bridgehead atoms. The molecule has 0 radical (unpaired) electrons. The summed E-state index contributed by atoms with van der Waals surface area (Å²) in [5, 5.41) is 4.08. The van der Waals surface area contributed by atoms with E-state index in [1.165, 1.54) is 12.8 Å². The number of hydrogen-bond donors (Lipinski definition) is 1. The Morgan fingerprint density at radius 1 is 1.40 bits per heavy atom. The van der Waals surface area contributed by atoms with Gasteiger partial charge >= 0.3 is 0 Å². The van der Waals surface area contributed by atoms with Crippen molar-refractivity contribution in [2.75, 3.05) is 13.7 Å². The van der Waals surface area contributed by atoms with Crippen molar-refractivity contribution in [2.45, 2.75) is 25.4 Å². The van der Waals surface area contributed by atoms with Gasteiger partial charge in [-0.15, -0.1) is 0 Å². The molecule has 106 valence electrons. The molecule has 2 aromatic rings. The summed E-state index contributed by atoms with van der Waals surface area (Å²) < 4.78 is 10.9. The number of methoxy groups -OCH3 is 1. The van der Waals surface area contributed by atoms with Crippen molar-refractivity contribution in [1.82, 2.24) is 10.1 Å². The van der Waals surface area contributed by atoms with E-state index in [9.17, 15) is 0 Å². The van der Waals surface area contributed by atoms with E-state index in [2.05, 4.69) is 10.1 Å². The highest BCUT2D eigenvalue weighted by Crippen LogP contribution is 2.42. The summed E-state index contributed by atoms with van der Waals surface area (Å²) in [4.78, 5) is 4.51. The molecular formula is C15H19N3O2. The Morgan fingerprint density at radius 3 is 2.90 bits per heavy atom. The molecule has 1 aromatic heterocycles. The van der Waals surface area contributed by atoms with Gasteiger partial charge in [-0.1, -0.05) is 23.4 Å². The molecule has 1 aromatic carbocycles. The summed E-state index contributed by atoms with van der Waals surface area (Å²) in [7, 11) is 1.70. The summed E-state index contributed by atoms with van der Waals surface area (Å²) in [6.45, 7) is 0.598. The third-order valence-corrected chi connectivity index (χ3v) is 3.66. The maximum absolute atomic E-state index is 5.64. The van der Waals surface area contributed by atoms with E-state index >= 15 is 0 Å². The zero-order chi connectivity index (χ0) is 13.9. The lowest BCUT2D eigenvalue weighted by Crippen LogP contribution is -2.06. The van der Waals surface area contributed by atoms with Gasteiger partial charge in [0.25, 0.3) is 5.89 Å². The third-order valence-electron chi connectivity index (χ3n) is 3.66. The molecule has 5 heteroatoms. The van der Waals surface area contributed by atoms with Crippen molar-refractivity contribution in [1.29, 1.82) is 0 Å². The summed E-state index contributed by atoms with van der Waals surface area (Å²) in [6, 6.07) is 7.99. The molecule has 0 saturated heterocycles. The van der Waals surface area contributed by atoms with Crippen LogP contribution >= 0.6 is 0 Å². The third kappa shape index (κ3) is 2.59. The van der Waals surface area contributed by atoms with Gasteiger partial charge in [0.2, 0.25) is 5.82 Å². The minimum absolute atomic E-state index is 0.0471. The Hall–Kier alpha value is -1.72. The van der Waals surface area contributed by atoms with Crippen molar-refractivity contribution in [3.63, 3.8) is 0 Å². The van der Waals surface area contributed by atoms with Crippen LogP contribution in [0.1, 0.15) is 30.3 Å². The first-order valence-corrected chi connectivity index (χ1v) is 6.98. The second-order valence-corrected chi connectivity index (χ2v) is 5.15. The van der Waals surface area contributed by atoms with Crippen LogP contribution in [0.25, 0.3) is 11.5 Å². The van der Waals surface area contributed by atoms with Crippen LogP contribution in [-0.4, -0.2) is 23.8 Å². The highest BCUT2D eigenvalue weighted by molar-refractivity contribution is 5.58. The van der Waals surface area contributed by atoms with Crippen molar-refractivity contribution < 1.29 is 9.26 Å². The summed E-state index contributed by atoms with van der Waals surface area (Å²) in [6.07, 6.45) is 3.09. The van der Waals surface area contributed by atoms with Gasteiger partial charge in [-0.25, -0.2) is 0 Å². The van der Waals surface area contributed by atoms with Gasteiger partial charge in [0.05, 0.1) is 0 Å². The lowest BCUT2D eigenvalue weighted by atomic mass is 10.0. The molecule has 1 heterocycles. The minimum atomic E-state index is -0.0471. The lowest BCUT2D eigenvalue weighted by Gasteiger charge is -2.08. The Kier molecular flexibility index (Phi) is 3.80. The summed E-state index contributed by atoms with van der Waals surface area (Å²) in [5.74, 6) is 1.73. The topological polar surface area (TPSA) is 74.2 Å². The molecule has 0 aliphatic heterocycles. The molecule has 1 unspecified atom stereocenters. The number of ether oxygens (including phenoxy) is 1. The van der Waals surface area contributed by atoms with E-state index < -0.39 is 0 Å². The van der Waals surface area contributed by atoms with Crippen LogP contribution in [0.5, 0.6) is 0 Å². The molecule has 5 nitrogen and oxygen atoms in total. The monoisotopic (exact) mass is 273 g/mol. The van der Waals surface area contributed by atoms with Crippen LogP contribution in [0.15, 0.2) is 28.8 Å². The zero-order valence-corrected chi connectivity index (χ0v) is 11.6. The van der Waals surface area contributed by atoms with Gasteiger partial charge in [0.15, 0.2) is 0 Å². The molecule has 1 aliphatic carbocycles. The number of rotatable bonds is 6. The largest absolute Gasteiger partial charge is 0.373 e. The predicted molar refractivity (Wildman–Crippen MR) is 75.0 cm³/mol. The fourth-order valence-electron chi connectivity index (χ4n) is 2.47. The van der Waals surface area contributed by atoms with Gasteiger partial charge in [-0.2, -0.15) is 4.98 Å². The van der Waals surface area contributed by atoms with Crippen LogP contribution in [0.4, 0.5) is 0 Å². The van der Waals surface area contributed by atoms with Crippen molar-refractivity contribution >= 4 is 0 Å². The first-order valence-electron chi connectivity index (χ1n) is 6.98. The van der Waals surface area contributed by atoms with Crippen LogP contribution in [-0.2, 0) is 11.2 Å². The number of nitrogens with two attached hydrogens (primary N) is 1. The fraction of sp³-hybridized carbons (Fsp3) is 0.467. The quantitative estimate of drug-likeness (QED) is 0.874. The van der Waals surface area contributed by atoms with Gasteiger partial charge < -0.3 is 15.0 Å².